The minimum atomic E-state index is -1.06. The van der Waals surface area contributed by atoms with Crippen LogP contribution in [0.15, 0.2) is 35.4 Å². The largest absolute Gasteiger partial charge is 0.394 e. The molecule has 2 heterocycles. The maximum absolute atomic E-state index is 12.0. The molecule has 0 bridgehead atoms. The Labute approximate surface area is 108 Å². The first-order valence-electron chi connectivity index (χ1n) is 5.67. The van der Waals surface area contributed by atoms with E-state index in [9.17, 15) is 9.59 Å². The lowest BCUT2D eigenvalue weighted by Gasteiger charge is -2.09. The molecule has 0 aliphatic heterocycles. The molecule has 7 nitrogen and oxygen atoms in total. The van der Waals surface area contributed by atoms with Gasteiger partial charge in [-0.15, -0.1) is 0 Å². The predicted molar refractivity (Wildman–Crippen MR) is 66.9 cm³/mol. The fraction of sp³-hybridized carbons (Fsp3) is 0.250. The number of nitrogens with zero attached hydrogens (tertiary/aromatic N) is 2. The predicted octanol–water partition coefficient (Wildman–Crippen LogP) is -1.22. The molecule has 1 unspecified atom stereocenters. The first kappa shape index (κ1) is 13.2. The maximum Gasteiger partial charge on any atom is 0.270 e. The lowest BCUT2D eigenvalue weighted by molar-refractivity contribution is 0.0800. The van der Waals surface area contributed by atoms with E-state index < -0.39 is 24.2 Å². The number of nitrogens with one attached hydrogen (secondary N) is 1. The quantitative estimate of drug-likeness (QED) is 0.641. The Kier molecular flexibility index (Phi) is 3.88. The number of aliphatic hydroxyl groups is 2. The van der Waals surface area contributed by atoms with Crippen molar-refractivity contribution in [2.75, 3.05) is 13.2 Å². The van der Waals surface area contributed by atoms with Gasteiger partial charge in [-0.1, -0.05) is 6.07 Å². The van der Waals surface area contributed by atoms with Gasteiger partial charge in [-0.25, -0.2) is 4.98 Å². The number of pyridine rings is 1. The van der Waals surface area contributed by atoms with Crippen molar-refractivity contribution in [3.8, 4) is 0 Å². The van der Waals surface area contributed by atoms with Gasteiger partial charge < -0.3 is 15.5 Å². The molecule has 0 spiro atoms. The molecule has 19 heavy (non-hydrogen) atoms. The van der Waals surface area contributed by atoms with Crippen LogP contribution in [0.2, 0.25) is 0 Å². The summed E-state index contributed by atoms with van der Waals surface area (Å²) in [5.41, 5.74) is -0.158. The van der Waals surface area contributed by atoms with Crippen molar-refractivity contribution in [1.82, 2.24) is 14.7 Å². The second-order valence-electron chi connectivity index (χ2n) is 3.95. The van der Waals surface area contributed by atoms with Gasteiger partial charge in [-0.2, -0.15) is 0 Å². The van der Waals surface area contributed by atoms with E-state index in [-0.39, 0.29) is 12.1 Å². The van der Waals surface area contributed by atoms with Gasteiger partial charge in [0.2, 0.25) is 0 Å². The van der Waals surface area contributed by atoms with Crippen molar-refractivity contribution < 1.29 is 15.0 Å². The van der Waals surface area contributed by atoms with E-state index in [4.69, 9.17) is 10.2 Å². The maximum atomic E-state index is 12.0. The van der Waals surface area contributed by atoms with E-state index in [1.807, 2.05) is 0 Å². The zero-order valence-electron chi connectivity index (χ0n) is 9.98. The first-order chi connectivity index (χ1) is 9.13. The second kappa shape index (κ2) is 5.59. The van der Waals surface area contributed by atoms with Crippen LogP contribution in [-0.4, -0.2) is 44.8 Å². The van der Waals surface area contributed by atoms with Crippen LogP contribution in [0.25, 0.3) is 5.65 Å². The zero-order valence-corrected chi connectivity index (χ0v) is 9.98. The van der Waals surface area contributed by atoms with E-state index >= 15 is 0 Å². The van der Waals surface area contributed by atoms with Crippen molar-refractivity contribution in [2.45, 2.75) is 6.10 Å². The average molecular weight is 263 g/mol. The highest BCUT2D eigenvalue weighted by molar-refractivity contribution is 5.93. The Morgan fingerprint density at radius 3 is 3.00 bits per heavy atom. The molecule has 0 aromatic carbocycles. The molecule has 0 aliphatic carbocycles. The molecule has 0 saturated carbocycles. The van der Waals surface area contributed by atoms with Gasteiger partial charge >= 0.3 is 0 Å². The molecule has 7 heteroatoms. The number of carbonyl (C=O) groups excluding carboxylic acids is 1. The average Bonchev–Trinajstić information content (AvgIpc) is 2.45. The summed E-state index contributed by atoms with van der Waals surface area (Å²) in [6.07, 6.45) is 1.66. The summed E-state index contributed by atoms with van der Waals surface area (Å²) in [4.78, 5) is 27.8. The minimum absolute atomic E-state index is 0.117. The molecule has 0 aliphatic rings. The normalized spacial score (nSPS) is 12.3. The number of aromatic nitrogens is 2. The Bertz CT molecular complexity index is 653. The Balaban J connectivity index is 2.28. The van der Waals surface area contributed by atoms with Crippen molar-refractivity contribution in [1.29, 1.82) is 0 Å². The number of aliphatic hydroxyl groups excluding tert-OH is 2. The van der Waals surface area contributed by atoms with E-state index in [2.05, 4.69) is 10.3 Å². The third-order valence-electron chi connectivity index (χ3n) is 2.57. The number of carbonyl (C=O) groups is 1. The molecular formula is C12H13N3O4. The van der Waals surface area contributed by atoms with Crippen LogP contribution in [0, 0.1) is 0 Å². The molecule has 100 valence electrons. The number of hydrogen-bond donors (Lipinski definition) is 3. The molecule has 1 atom stereocenters. The van der Waals surface area contributed by atoms with Crippen molar-refractivity contribution in [2.24, 2.45) is 0 Å². The summed E-state index contributed by atoms with van der Waals surface area (Å²) in [6.45, 7) is -0.596. The van der Waals surface area contributed by atoms with Gasteiger partial charge in [0.05, 0.1) is 12.7 Å². The van der Waals surface area contributed by atoms with Gasteiger partial charge in [0, 0.05) is 18.9 Å². The Morgan fingerprint density at radius 1 is 1.47 bits per heavy atom. The number of hydrogen-bond acceptors (Lipinski definition) is 5. The van der Waals surface area contributed by atoms with Crippen LogP contribution in [0.5, 0.6) is 0 Å². The summed E-state index contributed by atoms with van der Waals surface area (Å²) in [7, 11) is 0. The fourth-order valence-corrected chi connectivity index (χ4v) is 1.55. The van der Waals surface area contributed by atoms with Crippen LogP contribution in [0.3, 0.4) is 0 Å². The van der Waals surface area contributed by atoms with Crippen LogP contribution in [-0.2, 0) is 0 Å². The molecule has 0 fully saturated rings. The smallest absolute Gasteiger partial charge is 0.270 e. The molecule has 3 N–H and O–H groups in total. The van der Waals surface area contributed by atoms with Gasteiger partial charge in [0.25, 0.3) is 11.5 Å². The third-order valence-corrected chi connectivity index (χ3v) is 2.57. The van der Waals surface area contributed by atoms with Gasteiger partial charge in [-0.05, 0) is 12.1 Å². The lowest BCUT2D eigenvalue weighted by atomic mass is 10.3. The van der Waals surface area contributed by atoms with E-state index in [0.717, 1.165) is 0 Å². The summed E-state index contributed by atoms with van der Waals surface area (Å²) >= 11 is 0. The Hall–Kier alpha value is -2.25. The number of amides is 1. The standard InChI is InChI=1S/C12H13N3O4/c16-7-8(17)5-14-11(18)9-6-13-10-3-1-2-4-15(10)12(9)19/h1-4,6,8,16-17H,5,7H2,(H,14,18). The van der Waals surface area contributed by atoms with Gasteiger partial charge in [-0.3, -0.25) is 14.0 Å². The summed E-state index contributed by atoms with van der Waals surface area (Å²) in [6, 6.07) is 5.05. The molecule has 2 aromatic heterocycles. The number of rotatable bonds is 4. The highest BCUT2D eigenvalue weighted by atomic mass is 16.3. The summed E-state index contributed by atoms with van der Waals surface area (Å²) in [5.74, 6) is -0.636. The molecule has 0 saturated heterocycles. The van der Waals surface area contributed by atoms with Gasteiger partial charge in [0.1, 0.15) is 11.2 Å². The number of fused-ring (bicyclic) bond motifs is 1. The molecular weight excluding hydrogens is 250 g/mol. The first-order valence-corrected chi connectivity index (χ1v) is 5.67. The van der Waals surface area contributed by atoms with E-state index in [0.29, 0.717) is 5.65 Å². The molecule has 1 amide bonds. The van der Waals surface area contributed by atoms with Crippen LogP contribution < -0.4 is 10.9 Å². The van der Waals surface area contributed by atoms with Crippen LogP contribution in [0.1, 0.15) is 10.4 Å². The highest BCUT2D eigenvalue weighted by Gasteiger charge is 2.13. The van der Waals surface area contributed by atoms with Crippen molar-refractivity contribution in [3.05, 3.63) is 46.5 Å². The second-order valence-corrected chi connectivity index (χ2v) is 3.95. The fourth-order valence-electron chi connectivity index (χ4n) is 1.55. The SMILES string of the molecule is O=C(NCC(O)CO)c1cnc2ccccn2c1=O. The Morgan fingerprint density at radius 2 is 2.26 bits per heavy atom. The third kappa shape index (κ3) is 2.78. The topological polar surface area (TPSA) is 104 Å². The van der Waals surface area contributed by atoms with Crippen molar-refractivity contribution >= 4 is 11.6 Å². The van der Waals surface area contributed by atoms with E-state index in [1.165, 1.54) is 16.8 Å². The van der Waals surface area contributed by atoms with E-state index in [1.54, 1.807) is 18.2 Å². The lowest BCUT2D eigenvalue weighted by Crippen LogP contribution is -2.37. The monoisotopic (exact) mass is 263 g/mol. The molecule has 0 radical (unpaired) electrons. The summed E-state index contributed by atoms with van der Waals surface area (Å²) in [5, 5.41) is 20.1. The summed E-state index contributed by atoms with van der Waals surface area (Å²) < 4.78 is 1.26. The highest BCUT2D eigenvalue weighted by Crippen LogP contribution is 1.97. The van der Waals surface area contributed by atoms with Gasteiger partial charge in [0.15, 0.2) is 0 Å². The minimum Gasteiger partial charge on any atom is -0.394 e. The molecule has 2 rings (SSSR count). The zero-order chi connectivity index (χ0) is 13.8. The van der Waals surface area contributed by atoms with Crippen LogP contribution >= 0.6 is 0 Å². The molecule has 2 aromatic rings. The van der Waals surface area contributed by atoms with Crippen molar-refractivity contribution in [3.63, 3.8) is 0 Å². The van der Waals surface area contributed by atoms with Crippen LogP contribution in [0.4, 0.5) is 0 Å².